The molecule has 1 aromatic carbocycles. The quantitative estimate of drug-likeness (QED) is 0.855. The van der Waals surface area contributed by atoms with E-state index in [2.05, 4.69) is 52.4 Å². The van der Waals surface area contributed by atoms with Gasteiger partial charge in [0.1, 0.15) is 9.84 Å². The molecule has 0 spiro atoms. The van der Waals surface area contributed by atoms with Crippen LogP contribution in [0.25, 0.3) is 0 Å². The zero-order valence-electron chi connectivity index (χ0n) is 12.7. The van der Waals surface area contributed by atoms with E-state index in [0.29, 0.717) is 5.92 Å². The van der Waals surface area contributed by atoms with Crippen molar-refractivity contribution in [2.75, 3.05) is 12.8 Å². The fourth-order valence-corrected chi connectivity index (χ4v) is 4.78. The molecule has 21 heavy (non-hydrogen) atoms. The van der Waals surface area contributed by atoms with E-state index in [1.54, 1.807) is 0 Å². The summed E-state index contributed by atoms with van der Waals surface area (Å²) in [5.41, 5.74) is 1.25. The fourth-order valence-electron chi connectivity index (χ4n) is 3.32. The Hall–Kier alpha value is -0.390. The zero-order chi connectivity index (χ0) is 15.5. The highest BCUT2D eigenvalue weighted by Gasteiger charge is 2.33. The molecule has 0 aliphatic heterocycles. The molecule has 3 nitrogen and oxygen atoms in total. The molecule has 1 aromatic rings. The van der Waals surface area contributed by atoms with Gasteiger partial charge < -0.3 is 5.32 Å². The minimum atomic E-state index is -2.93. The van der Waals surface area contributed by atoms with E-state index in [9.17, 15) is 8.42 Å². The molecule has 1 aliphatic carbocycles. The molecule has 2 rings (SSSR count). The SMILES string of the molecule is CCNC(c1ccc(Br)cc1)C1CCCC(S(C)(=O)=O)C1. The third-order valence-corrected chi connectivity index (χ3v) is 6.56. The normalized spacial score (nSPS) is 24.7. The van der Waals surface area contributed by atoms with E-state index >= 15 is 0 Å². The van der Waals surface area contributed by atoms with Gasteiger partial charge in [-0.05, 0) is 49.4 Å². The molecule has 0 radical (unpaired) electrons. The summed E-state index contributed by atoms with van der Waals surface area (Å²) >= 11 is 3.47. The summed E-state index contributed by atoms with van der Waals surface area (Å²) in [6.45, 7) is 2.99. The second-order valence-electron chi connectivity index (χ2n) is 5.97. The third-order valence-electron chi connectivity index (χ3n) is 4.40. The molecule has 0 saturated heterocycles. The van der Waals surface area contributed by atoms with Gasteiger partial charge in [-0.2, -0.15) is 0 Å². The van der Waals surface area contributed by atoms with E-state index in [0.717, 1.165) is 36.7 Å². The maximum atomic E-state index is 11.9. The molecule has 3 unspecified atom stereocenters. The van der Waals surface area contributed by atoms with Crippen LogP contribution in [-0.4, -0.2) is 26.5 Å². The minimum absolute atomic E-state index is 0.173. The first-order valence-electron chi connectivity index (χ1n) is 7.59. The summed E-state index contributed by atoms with van der Waals surface area (Å²) in [7, 11) is -2.93. The van der Waals surface area contributed by atoms with Gasteiger partial charge in [-0.1, -0.05) is 41.4 Å². The number of benzene rings is 1. The fraction of sp³-hybridized carbons (Fsp3) is 0.625. The van der Waals surface area contributed by atoms with Gasteiger partial charge in [0.05, 0.1) is 5.25 Å². The Bertz CT molecular complexity index is 556. The first kappa shape index (κ1) is 17.0. The van der Waals surface area contributed by atoms with Crippen LogP contribution in [0.2, 0.25) is 0 Å². The van der Waals surface area contributed by atoms with Crippen molar-refractivity contribution in [1.29, 1.82) is 0 Å². The van der Waals surface area contributed by atoms with Gasteiger partial charge in [0, 0.05) is 16.8 Å². The summed E-state index contributed by atoms with van der Waals surface area (Å²) in [6.07, 6.45) is 5.06. The van der Waals surface area contributed by atoms with E-state index < -0.39 is 9.84 Å². The summed E-state index contributed by atoms with van der Waals surface area (Å²) in [5.74, 6) is 0.389. The minimum Gasteiger partial charge on any atom is -0.310 e. The van der Waals surface area contributed by atoms with Gasteiger partial charge >= 0.3 is 0 Å². The van der Waals surface area contributed by atoms with Gasteiger partial charge in [0.25, 0.3) is 0 Å². The van der Waals surface area contributed by atoms with Crippen molar-refractivity contribution >= 4 is 25.8 Å². The van der Waals surface area contributed by atoms with Crippen LogP contribution in [0.1, 0.15) is 44.2 Å². The van der Waals surface area contributed by atoms with Crippen LogP contribution >= 0.6 is 15.9 Å². The summed E-state index contributed by atoms with van der Waals surface area (Å²) in [6, 6.07) is 8.60. The first-order chi connectivity index (χ1) is 9.91. The molecule has 5 heteroatoms. The van der Waals surface area contributed by atoms with Crippen molar-refractivity contribution in [3.8, 4) is 0 Å². The predicted molar refractivity (Wildman–Crippen MR) is 91.1 cm³/mol. The first-order valence-corrected chi connectivity index (χ1v) is 10.3. The molecule has 1 saturated carbocycles. The van der Waals surface area contributed by atoms with E-state index in [4.69, 9.17) is 0 Å². The molecule has 3 atom stereocenters. The van der Waals surface area contributed by atoms with Gasteiger partial charge in [-0.3, -0.25) is 0 Å². The predicted octanol–water partition coefficient (Wildman–Crippen LogP) is 3.70. The van der Waals surface area contributed by atoms with Gasteiger partial charge in [0.2, 0.25) is 0 Å². The highest BCUT2D eigenvalue weighted by atomic mass is 79.9. The number of hydrogen-bond donors (Lipinski definition) is 1. The van der Waals surface area contributed by atoms with E-state index in [1.807, 2.05) is 0 Å². The van der Waals surface area contributed by atoms with Gasteiger partial charge in [-0.15, -0.1) is 0 Å². The Labute approximate surface area is 136 Å². The van der Waals surface area contributed by atoms with Crippen molar-refractivity contribution in [3.05, 3.63) is 34.3 Å². The molecule has 0 heterocycles. The van der Waals surface area contributed by atoms with E-state index in [1.165, 1.54) is 11.8 Å². The van der Waals surface area contributed by atoms with Crippen LogP contribution < -0.4 is 5.32 Å². The molecular weight excluding hydrogens is 350 g/mol. The largest absolute Gasteiger partial charge is 0.310 e. The smallest absolute Gasteiger partial charge is 0.150 e. The van der Waals surface area contributed by atoms with Crippen LogP contribution in [0.15, 0.2) is 28.7 Å². The Balaban J connectivity index is 2.19. The molecular formula is C16H24BrNO2S. The van der Waals surface area contributed by atoms with Crippen LogP contribution in [-0.2, 0) is 9.84 Å². The summed E-state index contributed by atoms with van der Waals surface area (Å²) in [4.78, 5) is 0. The Morgan fingerprint density at radius 3 is 2.52 bits per heavy atom. The molecule has 118 valence electrons. The van der Waals surface area contributed by atoms with Crippen molar-refractivity contribution < 1.29 is 8.42 Å². The number of sulfone groups is 1. The lowest BCUT2D eigenvalue weighted by atomic mass is 9.81. The molecule has 0 aromatic heterocycles. The number of nitrogens with one attached hydrogen (secondary N) is 1. The maximum absolute atomic E-state index is 11.9. The zero-order valence-corrected chi connectivity index (χ0v) is 15.1. The lowest BCUT2D eigenvalue weighted by Gasteiger charge is -2.34. The van der Waals surface area contributed by atoms with Crippen molar-refractivity contribution in [2.24, 2.45) is 5.92 Å². The standard InChI is InChI=1S/C16H24BrNO2S/c1-3-18-16(12-7-9-14(17)10-8-12)13-5-4-6-15(11-13)21(2,19)20/h7-10,13,15-16,18H,3-6,11H2,1-2H3. The molecule has 1 N–H and O–H groups in total. The van der Waals surface area contributed by atoms with Gasteiger partial charge in [-0.25, -0.2) is 8.42 Å². The maximum Gasteiger partial charge on any atom is 0.150 e. The van der Waals surface area contributed by atoms with Crippen LogP contribution in [0.3, 0.4) is 0 Å². The van der Waals surface area contributed by atoms with Crippen LogP contribution in [0, 0.1) is 5.92 Å². The molecule has 0 bridgehead atoms. The monoisotopic (exact) mass is 373 g/mol. The van der Waals surface area contributed by atoms with Crippen LogP contribution in [0.5, 0.6) is 0 Å². The Kier molecular flexibility index (Phi) is 5.86. The number of hydrogen-bond acceptors (Lipinski definition) is 3. The average molecular weight is 374 g/mol. The Morgan fingerprint density at radius 2 is 1.95 bits per heavy atom. The van der Waals surface area contributed by atoms with Gasteiger partial charge in [0.15, 0.2) is 0 Å². The second kappa shape index (κ2) is 7.25. The Morgan fingerprint density at radius 1 is 1.29 bits per heavy atom. The topological polar surface area (TPSA) is 46.2 Å². The lowest BCUT2D eigenvalue weighted by molar-refractivity contribution is 0.275. The third kappa shape index (κ3) is 4.54. The van der Waals surface area contributed by atoms with Crippen molar-refractivity contribution in [3.63, 3.8) is 0 Å². The average Bonchev–Trinajstić information content (AvgIpc) is 2.45. The van der Waals surface area contributed by atoms with Crippen molar-refractivity contribution in [2.45, 2.75) is 43.9 Å². The van der Waals surface area contributed by atoms with Crippen LogP contribution in [0.4, 0.5) is 0 Å². The number of rotatable bonds is 5. The second-order valence-corrected chi connectivity index (χ2v) is 9.21. The number of halogens is 1. The summed E-state index contributed by atoms with van der Waals surface area (Å²) in [5, 5.41) is 3.38. The molecule has 1 aliphatic rings. The lowest BCUT2D eigenvalue weighted by Crippen LogP contribution is -2.35. The molecule has 1 fully saturated rings. The van der Waals surface area contributed by atoms with E-state index in [-0.39, 0.29) is 11.3 Å². The highest BCUT2D eigenvalue weighted by Crippen LogP contribution is 2.37. The summed E-state index contributed by atoms with van der Waals surface area (Å²) < 4.78 is 24.8. The molecule has 0 amide bonds. The van der Waals surface area contributed by atoms with Crippen molar-refractivity contribution in [1.82, 2.24) is 5.32 Å². The highest BCUT2D eigenvalue weighted by molar-refractivity contribution is 9.10.